The molecule has 0 fully saturated rings. The lowest BCUT2D eigenvalue weighted by Crippen LogP contribution is -2.44. The summed E-state index contributed by atoms with van der Waals surface area (Å²) in [5.41, 5.74) is -0.155. The Morgan fingerprint density at radius 1 is 1.28 bits per heavy atom. The molecule has 132 valence electrons. The van der Waals surface area contributed by atoms with E-state index < -0.39 is 5.60 Å². The van der Waals surface area contributed by atoms with Gasteiger partial charge in [-0.25, -0.2) is 4.99 Å². The highest BCUT2D eigenvalue weighted by molar-refractivity contribution is 7.10. The molecule has 0 aliphatic carbocycles. The van der Waals surface area contributed by atoms with Crippen LogP contribution in [-0.4, -0.2) is 38.8 Å². The maximum absolute atomic E-state index is 10.6. The molecule has 0 bridgehead atoms. The summed E-state index contributed by atoms with van der Waals surface area (Å²) in [6.07, 6.45) is 1.92. The normalized spacial score (nSPS) is 14.4. The van der Waals surface area contributed by atoms with Crippen molar-refractivity contribution in [3.63, 3.8) is 0 Å². The summed E-state index contributed by atoms with van der Waals surface area (Å²) in [5.74, 6) is 1.39. The summed E-state index contributed by atoms with van der Waals surface area (Å²) < 4.78 is 1.91. The van der Waals surface area contributed by atoms with Crippen LogP contribution in [0.4, 0.5) is 0 Å². The molecule has 8 heteroatoms. The molecule has 0 radical (unpaired) electrons. The van der Waals surface area contributed by atoms with Gasteiger partial charge in [0.2, 0.25) is 0 Å². The van der Waals surface area contributed by atoms with E-state index in [0.29, 0.717) is 19.0 Å². The van der Waals surface area contributed by atoms with Gasteiger partial charge in [0.15, 0.2) is 17.4 Å². The molecular formula is C17H22N6OS. The van der Waals surface area contributed by atoms with Crippen LogP contribution >= 0.6 is 11.3 Å². The van der Waals surface area contributed by atoms with E-state index in [1.807, 2.05) is 53.2 Å². The van der Waals surface area contributed by atoms with E-state index in [-0.39, 0.29) is 0 Å². The molecule has 0 saturated heterocycles. The van der Waals surface area contributed by atoms with Gasteiger partial charge in [-0.2, -0.15) is 0 Å². The number of guanidine groups is 1. The predicted octanol–water partition coefficient (Wildman–Crippen LogP) is 1.75. The highest BCUT2D eigenvalue weighted by Gasteiger charge is 2.24. The van der Waals surface area contributed by atoms with Crippen molar-refractivity contribution >= 4 is 22.9 Å². The van der Waals surface area contributed by atoms with E-state index in [4.69, 9.17) is 0 Å². The lowest BCUT2D eigenvalue weighted by Gasteiger charge is -2.23. The van der Waals surface area contributed by atoms with Crippen LogP contribution in [0, 0.1) is 0 Å². The number of aromatic nitrogens is 3. The predicted molar refractivity (Wildman–Crippen MR) is 99.7 cm³/mol. The first-order valence-corrected chi connectivity index (χ1v) is 9.05. The molecule has 3 rings (SSSR count). The van der Waals surface area contributed by atoms with Crippen molar-refractivity contribution in [1.29, 1.82) is 0 Å². The Hall–Kier alpha value is -2.45. The second-order valence-corrected chi connectivity index (χ2v) is 6.79. The van der Waals surface area contributed by atoms with E-state index >= 15 is 0 Å². The Bertz CT molecular complexity index is 840. The van der Waals surface area contributed by atoms with Gasteiger partial charge in [0, 0.05) is 17.6 Å². The van der Waals surface area contributed by atoms with Crippen molar-refractivity contribution in [2.75, 3.05) is 13.1 Å². The van der Waals surface area contributed by atoms with E-state index in [0.717, 1.165) is 22.9 Å². The Kier molecular flexibility index (Phi) is 5.30. The summed E-state index contributed by atoms with van der Waals surface area (Å²) >= 11 is 1.54. The van der Waals surface area contributed by atoms with Gasteiger partial charge < -0.3 is 15.7 Å². The molecular weight excluding hydrogens is 336 g/mol. The number of aliphatic hydroxyl groups is 1. The molecule has 0 spiro atoms. The molecule has 1 unspecified atom stereocenters. The zero-order chi connectivity index (χ0) is 17.7. The molecule has 7 nitrogen and oxygen atoms in total. The quantitative estimate of drug-likeness (QED) is 0.462. The van der Waals surface area contributed by atoms with Crippen molar-refractivity contribution in [2.24, 2.45) is 4.99 Å². The smallest absolute Gasteiger partial charge is 0.191 e. The minimum Gasteiger partial charge on any atom is -0.383 e. The SMILES string of the molecule is CCNC(=NCc1nnc2ccccn12)NCC(C)(O)c1cccs1. The van der Waals surface area contributed by atoms with Crippen LogP contribution in [0.3, 0.4) is 0 Å². The summed E-state index contributed by atoms with van der Waals surface area (Å²) in [5, 5.41) is 27.3. The second-order valence-electron chi connectivity index (χ2n) is 5.84. The van der Waals surface area contributed by atoms with Gasteiger partial charge in [0.25, 0.3) is 0 Å². The number of fused-ring (bicyclic) bond motifs is 1. The van der Waals surface area contributed by atoms with Gasteiger partial charge in [-0.05, 0) is 37.4 Å². The fraction of sp³-hybridized carbons (Fsp3) is 0.353. The molecule has 3 heterocycles. The molecule has 3 N–H and O–H groups in total. The van der Waals surface area contributed by atoms with Crippen LogP contribution in [-0.2, 0) is 12.1 Å². The standard InChI is InChI=1S/C17H22N6OS/c1-3-18-16(20-12-17(2,24)13-7-6-10-25-13)19-11-15-22-21-14-8-4-5-9-23(14)15/h4-10,24H,3,11-12H2,1-2H3,(H2,18,19,20). The average Bonchev–Trinajstić information content (AvgIpc) is 3.28. The van der Waals surface area contributed by atoms with Gasteiger partial charge in [0.05, 0.1) is 6.54 Å². The minimum atomic E-state index is -0.952. The minimum absolute atomic E-state index is 0.361. The Morgan fingerprint density at radius 2 is 2.16 bits per heavy atom. The van der Waals surface area contributed by atoms with Gasteiger partial charge in [-0.15, -0.1) is 21.5 Å². The van der Waals surface area contributed by atoms with E-state index in [1.165, 1.54) is 11.3 Å². The van der Waals surface area contributed by atoms with Gasteiger partial charge in [-0.3, -0.25) is 4.40 Å². The number of rotatable bonds is 6. The van der Waals surface area contributed by atoms with Crippen LogP contribution in [0.15, 0.2) is 46.9 Å². The maximum Gasteiger partial charge on any atom is 0.191 e. The molecule has 25 heavy (non-hydrogen) atoms. The first-order valence-electron chi connectivity index (χ1n) is 8.17. The molecule has 3 aromatic rings. The molecule has 0 amide bonds. The van der Waals surface area contributed by atoms with Gasteiger partial charge in [0.1, 0.15) is 12.1 Å². The third kappa shape index (κ3) is 4.15. The molecule has 1 atom stereocenters. The second kappa shape index (κ2) is 7.62. The van der Waals surface area contributed by atoms with Crippen LogP contribution < -0.4 is 10.6 Å². The third-order valence-electron chi connectivity index (χ3n) is 3.76. The summed E-state index contributed by atoms with van der Waals surface area (Å²) in [6, 6.07) is 9.63. The van der Waals surface area contributed by atoms with E-state index in [2.05, 4.69) is 25.8 Å². The average molecular weight is 358 g/mol. The number of aliphatic imine (C=N–C) groups is 1. The number of hydrogen-bond acceptors (Lipinski definition) is 5. The van der Waals surface area contributed by atoms with Crippen LogP contribution in [0.1, 0.15) is 24.5 Å². The number of thiophene rings is 1. The van der Waals surface area contributed by atoms with Crippen molar-refractivity contribution in [3.8, 4) is 0 Å². The van der Waals surface area contributed by atoms with E-state index in [1.54, 1.807) is 6.92 Å². The third-order valence-corrected chi connectivity index (χ3v) is 4.88. The monoisotopic (exact) mass is 358 g/mol. The number of nitrogens with zero attached hydrogens (tertiary/aromatic N) is 4. The van der Waals surface area contributed by atoms with E-state index in [9.17, 15) is 5.11 Å². The molecule has 0 aliphatic heterocycles. The number of nitrogens with one attached hydrogen (secondary N) is 2. The van der Waals surface area contributed by atoms with Gasteiger partial charge >= 0.3 is 0 Å². The Labute approximate surface area is 150 Å². The Morgan fingerprint density at radius 3 is 2.92 bits per heavy atom. The molecule has 0 saturated carbocycles. The summed E-state index contributed by atoms with van der Waals surface area (Å²) in [4.78, 5) is 5.47. The molecule has 0 aromatic carbocycles. The fourth-order valence-electron chi connectivity index (χ4n) is 2.42. The lowest BCUT2D eigenvalue weighted by molar-refractivity contribution is 0.0655. The first-order chi connectivity index (χ1) is 12.1. The fourth-order valence-corrected chi connectivity index (χ4v) is 3.21. The summed E-state index contributed by atoms with van der Waals surface area (Å²) in [7, 11) is 0. The molecule has 0 aliphatic rings. The zero-order valence-corrected chi connectivity index (χ0v) is 15.1. The highest BCUT2D eigenvalue weighted by atomic mass is 32.1. The van der Waals surface area contributed by atoms with Crippen molar-refractivity contribution in [2.45, 2.75) is 26.0 Å². The maximum atomic E-state index is 10.6. The van der Waals surface area contributed by atoms with Crippen LogP contribution in [0.25, 0.3) is 5.65 Å². The highest BCUT2D eigenvalue weighted by Crippen LogP contribution is 2.24. The van der Waals surface area contributed by atoms with Gasteiger partial charge in [-0.1, -0.05) is 12.1 Å². The van der Waals surface area contributed by atoms with Crippen LogP contribution in [0.5, 0.6) is 0 Å². The largest absolute Gasteiger partial charge is 0.383 e. The number of hydrogen-bond donors (Lipinski definition) is 3. The summed E-state index contributed by atoms with van der Waals surface area (Å²) in [6.45, 7) is 5.28. The molecule has 3 aromatic heterocycles. The zero-order valence-electron chi connectivity index (χ0n) is 14.3. The Balaban J connectivity index is 1.69. The van der Waals surface area contributed by atoms with Crippen molar-refractivity contribution in [1.82, 2.24) is 25.2 Å². The lowest BCUT2D eigenvalue weighted by atomic mass is 10.1. The first kappa shape index (κ1) is 17.4. The van der Waals surface area contributed by atoms with Crippen molar-refractivity contribution < 1.29 is 5.11 Å². The van der Waals surface area contributed by atoms with Crippen molar-refractivity contribution in [3.05, 3.63) is 52.6 Å². The topological polar surface area (TPSA) is 86.8 Å². The van der Waals surface area contributed by atoms with Crippen LogP contribution in [0.2, 0.25) is 0 Å². The number of pyridine rings is 1.